The summed E-state index contributed by atoms with van der Waals surface area (Å²) >= 11 is 0. The lowest BCUT2D eigenvalue weighted by molar-refractivity contribution is -0.115. The second-order valence-corrected chi connectivity index (χ2v) is 5.29. The predicted molar refractivity (Wildman–Crippen MR) is 74.9 cm³/mol. The van der Waals surface area contributed by atoms with E-state index in [2.05, 4.69) is 11.1 Å². The molecular formula is C16H19NO2. The van der Waals surface area contributed by atoms with Gasteiger partial charge in [-0.05, 0) is 37.0 Å². The maximum Gasteiger partial charge on any atom is 0.166 e. The third kappa shape index (κ3) is 2.37. The second kappa shape index (κ2) is 5.08. The molecule has 3 heteroatoms. The Kier molecular flexibility index (Phi) is 3.28. The predicted octanol–water partition coefficient (Wildman–Crippen LogP) is 2.86. The van der Waals surface area contributed by atoms with Crippen molar-refractivity contribution in [2.75, 3.05) is 13.7 Å². The molecule has 0 bridgehead atoms. The molecule has 0 aliphatic carbocycles. The molecule has 0 radical (unpaired) electrons. The third-order valence-corrected chi connectivity index (χ3v) is 4.09. The van der Waals surface area contributed by atoms with E-state index >= 15 is 0 Å². The summed E-state index contributed by atoms with van der Waals surface area (Å²) in [5.74, 6) is 1.09. The zero-order chi connectivity index (χ0) is 13.2. The number of methoxy groups -OCH3 is 1. The number of allylic oxidation sites excluding steroid dienone is 1. The first-order valence-electron chi connectivity index (χ1n) is 6.93. The van der Waals surface area contributed by atoms with Crippen LogP contribution >= 0.6 is 0 Å². The molecule has 2 aliphatic heterocycles. The van der Waals surface area contributed by atoms with Crippen LogP contribution in [0.3, 0.4) is 0 Å². The van der Waals surface area contributed by atoms with Crippen molar-refractivity contribution < 1.29 is 9.53 Å². The standard InChI is InChI=1S/C16H19NO2/c1-19-14-7-5-12(6-8-14)15-11-17-9-3-2-4-13(17)10-16(15)18/h5-8,11,13H,2-4,9-10H2,1H3. The van der Waals surface area contributed by atoms with Crippen LogP contribution in [-0.2, 0) is 4.79 Å². The van der Waals surface area contributed by atoms with E-state index < -0.39 is 0 Å². The summed E-state index contributed by atoms with van der Waals surface area (Å²) in [6.45, 7) is 1.08. The number of fused-ring (bicyclic) bond motifs is 1. The molecule has 2 aliphatic rings. The highest BCUT2D eigenvalue weighted by Gasteiger charge is 2.29. The normalized spacial score (nSPS) is 22.8. The van der Waals surface area contributed by atoms with Crippen molar-refractivity contribution in [3.8, 4) is 5.75 Å². The van der Waals surface area contributed by atoms with Crippen molar-refractivity contribution in [3.63, 3.8) is 0 Å². The van der Waals surface area contributed by atoms with Crippen LogP contribution in [0.2, 0.25) is 0 Å². The molecule has 3 nitrogen and oxygen atoms in total. The fraction of sp³-hybridized carbons (Fsp3) is 0.438. The number of Topliss-reactive ketones (excluding diaryl/α,β-unsaturated/α-hetero) is 1. The highest BCUT2D eigenvalue weighted by Crippen LogP contribution is 2.31. The molecule has 19 heavy (non-hydrogen) atoms. The van der Waals surface area contributed by atoms with Gasteiger partial charge in [0, 0.05) is 30.8 Å². The van der Waals surface area contributed by atoms with E-state index in [0.29, 0.717) is 12.5 Å². The Morgan fingerprint density at radius 2 is 2.00 bits per heavy atom. The molecule has 0 saturated carbocycles. The minimum atomic E-state index is 0.272. The van der Waals surface area contributed by atoms with E-state index in [0.717, 1.165) is 29.9 Å². The van der Waals surface area contributed by atoms with E-state index in [1.807, 2.05) is 24.3 Å². The lowest BCUT2D eigenvalue weighted by atomic mass is 9.89. The molecule has 1 saturated heterocycles. The Bertz CT molecular complexity index is 504. The molecule has 1 atom stereocenters. The van der Waals surface area contributed by atoms with E-state index in [-0.39, 0.29) is 5.78 Å². The topological polar surface area (TPSA) is 29.5 Å². The first-order chi connectivity index (χ1) is 9.28. The Morgan fingerprint density at radius 3 is 2.74 bits per heavy atom. The Labute approximate surface area is 113 Å². The number of carbonyl (C=O) groups excluding carboxylic acids is 1. The van der Waals surface area contributed by atoms with Gasteiger partial charge in [-0.1, -0.05) is 12.1 Å². The Balaban J connectivity index is 1.89. The van der Waals surface area contributed by atoms with Crippen LogP contribution in [0.5, 0.6) is 5.75 Å². The van der Waals surface area contributed by atoms with Crippen molar-refractivity contribution in [2.24, 2.45) is 0 Å². The number of benzene rings is 1. The summed E-state index contributed by atoms with van der Waals surface area (Å²) in [5.41, 5.74) is 1.84. The fourth-order valence-corrected chi connectivity index (χ4v) is 2.98. The second-order valence-electron chi connectivity index (χ2n) is 5.29. The number of rotatable bonds is 2. The van der Waals surface area contributed by atoms with Crippen LogP contribution in [0, 0.1) is 0 Å². The molecule has 3 rings (SSSR count). The minimum Gasteiger partial charge on any atom is -0.497 e. The van der Waals surface area contributed by atoms with Gasteiger partial charge in [-0.2, -0.15) is 0 Å². The molecule has 1 aromatic carbocycles. The number of hydrogen-bond acceptors (Lipinski definition) is 3. The molecular weight excluding hydrogens is 238 g/mol. The van der Waals surface area contributed by atoms with Crippen LogP contribution in [0.1, 0.15) is 31.2 Å². The number of piperidine rings is 1. The molecule has 0 amide bonds. The molecule has 1 fully saturated rings. The van der Waals surface area contributed by atoms with Crippen LogP contribution < -0.4 is 4.74 Å². The van der Waals surface area contributed by atoms with Gasteiger partial charge in [-0.15, -0.1) is 0 Å². The SMILES string of the molecule is COc1ccc(C2=CN3CCCCC3CC2=O)cc1. The Hall–Kier alpha value is -1.77. The average molecular weight is 257 g/mol. The van der Waals surface area contributed by atoms with E-state index in [9.17, 15) is 4.79 Å². The maximum atomic E-state index is 12.3. The van der Waals surface area contributed by atoms with Gasteiger partial charge in [-0.25, -0.2) is 0 Å². The van der Waals surface area contributed by atoms with Crippen LogP contribution in [0.4, 0.5) is 0 Å². The molecule has 0 aromatic heterocycles. The lowest BCUT2D eigenvalue weighted by Crippen LogP contribution is -2.40. The summed E-state index contributed by atoms with van der Waals surface area (Å²) in [7, 11) is 1.65. The fourth-order valence-electron chi connectivity index (χ4n) is 2.98. The zero-order valence-electron chi connectivity index (χ0n) is 11.3. The largest absolute Gasteiger partial charge is 0.497 e. The number of ether oxygens (including phenoxy) is 1. The van der Waals surface area contributed by atoms with E-state index in [1.165, 1.54) is 12.8 Å². The van der Waals surface area contributed by atoms with E-state index in [1.54, 1.807) is 7.11 Å². The lowest BCUT2D eigenvalue weighted by Gasteiger charge is -2.38. The van der Waals surface area contributed by atoms with Crippen molar-refractivity contribution in [2.45, 2.75) is 31.7 Å². The van der Waals surface area contributed by atoms with Gasteiger partial charge in [-0.3, -0.25) is 4.79 Å². The van der Waals surface area contributed by atoms with Gasteiger partial charge >= 0.3 is 0 Å². The summed E-state index contributed by atoms with van der Waals surface area (Å²) in [6, 6.07) is 8.18. The highest BCUT2D eigenvalue weighted by molar-refractivity contribution is 6.21. The molecule has 2 heterocycles. The zero-order valence-corrected chi connectivity index (χ0v) is 11.3. The molecule has 100 valence electrons. The summed E-state index contributed by atoms with van der Waals surface area (Å²) in [6.07, 6.45) is 6.37. The van der Waals surface area contributed by atoms with Gasteiger partial charge in [0.15, 0.2) is 5.78 Å². The maximum absolute atomic E-state index is 12.3. The first-order valence-corrected chi connectivity index (χ1v) is 6.93. The molecule has 0 spiro atoms. The highest BCUT2D eigenvalue weighted by atomic mass is 16.5. The van der Waals surface area contributed by atoms with Crippen LogP contribution in [0.25, 0.3) is 5.57 Å². The molecule has 1 unspecified atom stereocenters. The monoisotopic (exact) mass is 257 g/mol. The number of ketones is 1. The number of hydrogen-bond donors (Lipinski definition) is 0. The molecule has 0 N–H and O–H groups in total. The molecule has 1 aromatic rings. The third-order valence-electron chi connectivity index (χ3n) is 4.09. The summed E-state index contributed by atoms with van der Waals surface area (Å²) in [5, 5.41) is 0. The van der Waals surface area contributed by atoms with Crippen molar-refractivity contribution in [1.82, 2.24) is 4.90 Å². The van der Waals surface area contributed by atoms with Crippen LogP contribution in [0.15, 0.2) is 30.5 Å². The van der Waals surface area contributed by atoms with E-state index in [4.69, 9.17) is 4.74 Å². The van der Waals surface area contributed by atoms with Crippen LogP contribution in [-0.4, -0.2) is 30.4 Å². The van der Waals surface area contributed by atoms with Crippen molar-refractivity contribution in [3.05, 3.63) is 36.0 Å². The summed E-state index contributed by atoms with van der Waals surface area (Å²) in [4.78, 5) is 14.6. The van der Waals surface area contributed by atoms with Gasteiger partial charge in [0.05, 0.1) is 7.11 Å². The number of carbonyl (C=O) groups is 1. The quantitative estimate of drug-likeness (QED) is 0.816. The number of nitrogens with zero attached hydrogens (tertiary/aromatic N) is 1. The van der Waals surface area contributed by atoms with Gasteiger partial charge in [0.1, 0.15) is 5.75 Å². The summed E-state index contributed by atoms with van der Waals surface area (Å²) < 4.78 is 5.15. The first kappa shape index (κ1) is 12.3. The van der Waals surface area contributed by atoms with Crippen molar-refractivity contribution in [1.29, 1.82) is 0 Å². The van der Waals surface area contributed by atoms with Gasteiger partial charge in [0.25, 0.3) is 0 Å². The average Bonchev–Trinajstić information content (AvgIpc) is 2.47. The van der Waals surface area contributed by atoms with Gasteiger partial charge in [0.2, 0.25) is 0 Å². The van der Waals surface area contributed by atoms with Gasteiger partial charge < -0.3 is 9.64 Å². The Morgan fingerprint density at radius 1 is 1.21 bits per heavy atom. The van der Waals surface area contributed by atoms with Crippen molar-refractivity contribution >= 4 is 11.4 Å². The minimum absolute atomic E-state index is 0.272. The smallest absolute Gasteiger partial charge is 0.166 e.